The first-order chi connectivity index (χ1) is 11.6. The van der Waals surface area contributed by atoms with E-state index in [1.54, 1.807) is 22.0 Å². The maximum atomic E-state index is 12.8. The van der Waals surface area contributed by atoms with Gasteiger partial charge in [-0.25, -0.2) is 0 Å². The molecule has 3 rings (SSSR count). The molecule has 1 unspecified atom stereocenters. The molecular weight excluding hydrogens is 328 g/mol. The van der Waals surface area contributed by atoms with E-state index in [1.165, 1.54) is 0 Å². The monoisotopic (exact) mass is 348 g/mol. The molecule has 0 radical (unpaired) electrons. The highest BCUT2D eigenvalue weighted by molar-refractivity contribution is 6.31. The third kappa shape index (κ3) is 4.33. The molecule has 1 amide bonds. The Balaban J connectivity index is 1.70. The number of pyridine rings is 1. The zero-order valence-corrected chi connectivity index (χ0v) is 14.4. The van der Waals surface area contributed by atoms with E-state index in [4.69, 9.17) is 16.3 Å². The maximum absolute atomic E-state index is 12.8. The number of halogens is 1. The Morgan fingerprint density at radius 3 is 3.00 bits per heavy atom. The zero-order valence-electron chi connectivity index (χ0n) is 13.7. The van der Waals surface area contributed by atoms with E-state index in [-0.39, 0.29) is 18.6 Å². The summed E-state index contributed by atoms with van der Waals surface area (Å²) in [6.45, 7) is 3.79. The number of aromatic nitrogens is 3. The van der Waals surface area contributed by atoms with Gasteiger partial charge in [-0.2, -0.15) is 5.10 Å². The first-order valence-corrected chi connectivity index (χ1v) is 8.48. The van der Waals surface area contributed by atoms with Crippen LogP contribution in [0.1, 0.15) is 24.2 Å². The van der Waals surface area contributed by atoms with Crippen molar-refractivity contribution >= 4 is 17.5 Å². The summed E-state index contributed by atoms with van der Waals surface area (Å²) in [5.74, 6) is -0.0182. The third-order valence-corrected chi connectivity index (χ3v) is 4.43. The van der Waals surface area contributed by atoms with Crippen LogP contribution in [0.15, 0.2) is 30.6 Å². The Labute approximate surface area is 146 Å². The Morgan fingerprint density at radius 2 is 2.38 bits per heavy atom. The summed E-state index contributed by atoms with van der Waals surface area (Å²) >= 11 is 6.02. The predicted octanol–water partition coefficient (Wildman–Crippen LogP) is 2.45. The molecule has 1 saturated heterocycles. The number of carbonyl (C=O) groups excluding carboxylic acids is 1. The van der Waals surface area contributed by atoms with E-state index < -0.39 is 0 Å². The molecular formula is C17H21ClN4O2. The normalized spacial score (nSPS) is 17.2. The molecule has 0 aromatic carbocycles. The van der Waals surface area contributed by atoms with Gasteiger partial charge < -0.3 is 9.64 Å². The topological polar surface area (TPSA) is 60.2 Å². The standard InChI is InChI=1S/C17H21ClN4O2/c1-13-16(18)11-22(20-13)12-17(23)21(10-15-6-4-8-24-15)9-14-5-2-3-7-19-14/h2-3,5,7,11,15H,4,6,8-10,12H2,1H3. The van der Waals surface area contributed by atoms with Crippen LogP contribution in [0.2, 0.25) is 5.02 Å². The summed E-state index contributed by atoms with van der Waals surface area (Å²) in [6, 6.07) is 5.71. The van der Waals surface area contributed by atoms with Crippen molar-refractivity contribution in [3.05, 3.63) is 47.0 Å². The minimum Gasteiger partial charge on any atom is -0.376 e. The SMILES string of the molecule is Cc1nn(CC(=O)N(Cc2ccccn2)CC2CCCO2)cc1Cl. The van der Waals surface area contributed by atoms with Gasteiger partial charge in [-0.05, 0) is 31.9 Å². The van der Waals surface area contributed by atoms with Crippen molar-refractivity contribution in [3.63, 3.8) is 0 Å². The number of hydrogen-bond donors (Lipinski definition) is 0. The van der Waals surface area contributed by atoms with E-state index in [0.29, 0.717) is 18.1 Å². The fraction of sp³-hybridized carbons (Fsp3) is 0.471. The van der Waals surface area contributed by atoms with Crippen LogP contribution >= 0.6 is 11.6 Å². The molecule has 0 aliphatic carbocycles. The second-order valence-corrected chi connectivity index (χ2v) is 6.40. The van der Waals surface area contributed by atoms with Crippen LogP contribution in [0.3, 0.4) is 0 Å². The smallest absolute Gasteiger partial charge is 0.244 e. The quantitative estimate of drug-likeness (QED) is 0.804. The number of hydrogen-bond acceptors (Lipinski definition) is 4. The number of ether oxygens (including phenoxy) is 1. The number of aryl methyl sites for hydroxylation is 1. The van der Waals surface area contributed by atoms with Gasteiger partial charge in [0.15, 0.2) is 0 Å². The summed E-state index contributed by atoms with van der Waals surface area (Å²) in [5, 5.41) is 4.83. The average Bonchev–Trinajstić information content (AvgIpc) is 3.18. The lowest BCUT2D eigenvalue weighted by Crippen LogP contribution is -2.39. The van der Waals surface area contributed by atoms with Crippen LogP contribution in [0.25, 0.3) is 0 Å². The molecule has 6 nitrogen and oxygen atoms in total. The molecule has 1 atom stereocenters. The Morgan fingerprint density at radius 1 is 1.50 bits per heavy atom. The highest BCUT2D eigenvalue weighted by atomic mass is 35.5. The fourth-order valence-corrected chi connectivity index (χ4v) is 2.94. The van der Waals surface area contributed by atoms with Gasteiger partial charge in [0.1, 0.15) is 6.54 Å². The van der Waals surface area contributed by atoms with Gasteiger partial charge in [-0.3, -0.25) is 14.5 Å². The minimum absolute atomic E-state index is 0.0182. The lowest BCUT2D eigenvalue weighted by Gasteiger charge is -2.25. The Bertz CT molecular complexity index is 664. The van der Waals surface area contributed by atoms with Crippen molar-refractivity contribution in [1.29, 1.82) is 0 Å². The van der Waals surface area contributed by atoms with Crippen molar-refractivity contribution in [2.75, 3.05) is 13.2 Å². The molecule has 0 N–H and O–H groups in total. The third-order valence-electron chi connectivity index (χ3n) is 4.06. The van der Waals surface area contributed by atoms with Crippen molar-refractivity contribution in [3.8, 4) is 0 Å². The van der Waals surface area contributed by atoms with Gasteiger partial charge in [-0.15, -0.1) is 0 Å². The molecule has 2 aromatic heterocycles. The summed E-state index contributed by atoms with van der Waals surface area (Å²) in [6.07, 6.45) is 5.55. The van der Waals surface area contributed by atoms with Crippen molar-refractivity contribution < 1.29 is 9.53 Å². The average molecular weight is 349 g/mol. The summed E-state index contributed by atoms with van der Waals surface area (Å²) in [7, 11) is 0. The van der Waals surface area contributed by atoms with Crippen LogP contribution in [0, 0.1) is 6.92 Å². The summed E-state index contributed by atoms with van der Waals surface area (Å²) in [4.78, 5) is 18.9. The van der Waals surface area contributed by atoms with Gasteiger partial charge in [0, 0.05) is 25.5 Å². The van der Waals surface area contributed by atoms with Crippen LogP contribution in [0.4, 0.5) is 0 Å². The fourth-order valence-electron chi connectivity index (χ4n) is 2.79. The van der Waals surface area contributed by atoms with Crippen LogP contribution in [0.5, 0.6) is 0 Å². The Hall–Kier alpha value is -1.92. The molecule has 0 bridgehead atoms. The molecule has 1 aliphatic heterocycles. The minimum atomic E-state index is -0.0182. The zero-order chi connectivity index (χ0) is 16.9. The van der Waals surface area contributed by atoms with Gasteiger partial charge >= 0.3 is 0 Å². The molecule has 0 saturated carbocycles. The number of rotatable bonds is 6. The molecule has 0 spiro atoms. The van der Waals surface area contributed by atoms with E-state index >= 15 is 0 Å². The van der Waals surface area contributed by atoms with Gasteiger partial charge in [0.2, 0.25) is 5.91 Å². The van der Waals surface area contributed by atoms with E-state index in [0.717, 1.165) is 30.8 Å². The number of nitrogens with zero attached hydrogens (tertiary/aromatic N) is 4. The molecule has 1 fully saturated rings. The summed E-state index contributed by atoms with van der Waals surface area (Å²) < 4.78 is 7.27. The molecule has 24 heavy (non-hydrogen) atoms. The van der Waals surface area contributed by atoms with E-state index in [9.17, 15) is 4.79 Å². The molecule has 1 aliphatic rings. The lowest BCUT2D eigenvalue weighted by molar-refractivity contribution is -0.134. The first-order valence-electron chi connectivity index (χ1n) is 8.10. The highest BCUT2D eigenvalue weighted by Crippen LogP contribution is 2.16. The largest absolute Gasteiger partial charge is 0.376 e. The van der Waals surface area contributed by atoms with Crippen LogP contribution in [-0.4, -0.2) is 44.8 Å². The lowest BCUT2D eigenvalue weighted by atomic mass is 10.2. The van der Waals surface area contributed by atoms with E-state index in [2.05, 4.69) is 10.1 Å². The van der Waals surface area contributed by atoms with Crippen molar-refractivity contribution in [1.82, 2.24) is 19.7 Å². The molecule has 3 heterocycles. The van der Waals surface area contributed by atoms with Gasteiger partial charge in [0.25, 0.3) is 0 Å². The molecule has 7 heteroatoms. The molecule has 2 aromatic rings. The van der Waals surface area contributed by atoms with Crippen LogP contribution < -0.4 is 0 Å². The second kappa shape index (κ2) is 7.77. The molecule has 128 valence electrons. The number of amides is 1. The van der Waals surface area contributed by atoms with Gasteiger partial charge in [-0.1, -0.05) is 17.7 Å². The van der Waals surface area contributed by atoms with Crippen molar-refractivity contribution in [2.45, 2.75) is 39.0 Å². The van der Waals surface area contributed by atoms with Gasteiger partial charge in [0.05, 0.1) is 29.1 Å². The predicted molar refractivity (Wildman–Crippen MR) is 90.6 cm³/mol. The first kappa shape index (κ1) is 16.9. The Kier molecular flexibility index (Phi) is 5.48. The van der Waals surface area contributed by atoms with Crippen molar-refractivity contribution in [2.24, 2.45) is 0 Å². The summed E-state index contributed by atoms with van der Waals surface area (Å²) in [5.41, 5.74) is 1.58. The number of carbonyl (C=O) groups is 1. The van der Waals surface area contributed by atoms with Crippen LogP contribution in [-0.2, 0) is 22.6 Å². The second-order valence-electron chi connectivity index (χ2n) is 5.99. The highest BCUT2D eigenvalue weighted by Gasteiger charge is 2.23. The maximum Gasteiger partial charge on any atom is 0.244 e. The van der Waals surface area contributed by atoms with E-state index in [1.807, 2.05) is 25.1 Å².